The molecule has 2 N–H and O–H groups in total. The number of nitrogens with one attached hydrogen (secondary N) is 2. The molecular weight excluding hydrogens is 363 g/mol. The van der Waals surface area contributed by atoms with Crippen LogP contribution in [0, 0.1) is 5.82 Å². The van der Waals surface area contributed by atoms with Gasteiger partial charge >= 0.3 is 17.8 Å². The lowest BCUT2D eigenvalue weighted by Crippen LogP contribution is -2.36. The first-order valence-corrected chi connectivity index (χ1v) is 8.00. The van der Waals surface area contributed by atoms with E-state index in [4.69, 9.17) is 11.6 Å². The number of hydrogen-bond donors (Lipinski definition) is 2. The quantitative estimate of drug-likeness (QED) is 0.618. The first kappa shape index (κ1) is 19.4. The van der Waals surface area contributed by atoms with Crippen LogP contribution in [0.3, 0.4) is 0 Å². The number of esters is 1. The second-order valence-electron chi connectivity index (χ2n) is 5.27. The third-order valence-corrected chi connectivity index (χ3v) is 3.78. The van der Waals surface area contributed by atoms with Gasteiger partial charge in [0, 0.05) is 6.54 Å². The smallest absolute Gasteiger partial charge is 0.337 e. The van der Waals surface area contributed by atoms with Crippen molar-refractivity contribution in [2.75, 3.05) is 19.0 Å². The zero-order valence-corrected chi connectivity index (χ0v) is 14.6. The molecule has 0 heterocycles. The zero-order valence-electron chi connectivity index (χ0n) is 13.8. The maximum atomic E-state index is 12.8. The highest BCUT2D eigenvalue weighted by Crippen LogP contribution is 2.23. The Kier molecular flexibility index (Phi) is 6.68. The van der Waals surface area contributed by atoms with Crippen molar-refractivity contribution in [1.29, 1.82) is 0 Å². The van der Waals surface area contributed by atoms with E-state index < -0.39 is 17.8 Å². The summed E-state index contributed by atoms with van der Waals surface area (Å²) in [6.07, 6.45) is 0.442. The Morgan fingerprint density at radius 1 is 1.08 bits per heavy atom. The van der Waals surface area contributed by atoms with Crippen LogP contribution in [0.5, 0.6) is 0 Å². The fourth-order valence-corrected chi connectivity index (χ4v) is 2.26. The normalized spacial score (nSPS) is 10.1. The minimum Gasteiger partial charge on any atom is -0.465 e. The van der Waals surface area contributed by atoms with Gasteiger partial charge in [-0.1, -0.05) is 23.7 Å². The zero-order chi connectivity index (χ0) is 19.1. The largest absolute Gasteiger partial charge is 0.465 e. The summed E-state index contributed by atoms with van der Waals surface area (Å²) in [4.78, 5) is 35.3. The fraction of sp³-hybridized carbons (Fsp3) is 0.167. The average Bonchev–Trinajstić information content (AvgIpc) is 2.64. The molecule has 2 aromatic rings. The number of carbonyl (C=O) groups is 3. The summed E-state index contributed by atoms with van der Waals surface area (Å²) in [6, 6.07) is 10.00. The number of methoxy groups -OCH3 is 1. The molecule has 2 rings (SSSR count). The third-order valence-electron chi connectivity index (χ3n) is 3.45. The second-order valence-corrected chi connectivity index (χ2v) is 5.68. The van der Waals surface area contributed by atoms with Crippen LogP contribution in [0.25, 0.3) is 0 Å². The van der Waals surface area contributed by atoms with Gasteiger partial charge in [-0.05, 0) is 42.3 Å². The lowest BCUT2D eigenvalue weighted by molar-refractivity contribution is -0.136. The number of hydrogen-bond acceptors (Lipinski definition) is 4. The molecule has 0 atom stereocenters. The van der Waals surface area contributed by atoms with Crippen molar-refractivity contribution < 1.29 is 23.5 Å². The van der Waals surface area contributed by atoms with Crippen molar-refractivity contribution in [3.63, 3.8) is 0 Å². The Morgan fingerprint density at radius 2 is 1.77 bits per heavy atom. The van der Waals surface area contributed by atoms with Gasteiger partial charge in [-0.25, -0.2) is 9.18 Å². The van der Waals surface area contributed by atoms with E-state index in [1.165, 1.54) is 37.4 Å². The van der Waals surface area contributed by atoms with Gasteiger partial charge in [-0.15, -0.1) is 0 Å². The monoisotopic (exact) mass is 378 g/mol. The van der Waals surface area contributed by atoms with Crippen LogP contribution in [-0.2, 0) is 20.7 Å². The van der Waals surface area contributed by atoms with E-state index in [9.17, 15) is 18.8 Å². The Balaban J connectivity index is 1.91. The molecule has 6 nitrogen and oxygen atoms in total. The van der Waals surface area contributed by atoms with Gasteiger partial charge in [-0.3, -0.25) is 9.59 Å². The van der Waals surface area contributed by atoms with Crippen LogP contribution in [0.15, 0.2) is 42.5 Å². The number of ether oxygens (including phenoxy) is 1. The lowest BCUT2D eigenvalue weighted by atomic mass is 10.1. The first-order valence-electron chi connectivity index (χ1n) is 7.62. The van der Waals surface area contributed by atoms with E-state index in [-0.39, 0.29) is 28.6 Å². The van der Waals surface area contributed by atoms with Crippen molar-refractivity contribution in [3.05, 3.63) is 64.4 Å². The van der Waals surface area contributed by atoms with Gasteiger partial charge < -0.3 is 15.4 Å². The van der Waals surface area contributed by atoms with Crippen LogP contribution in [0.1, 0.15) is 15.9 Å². The highest BCUT2D eigenvalue weighted by Gasteiger charge is 2.16. The molecule has 0 bridgehead atoms. The van der Waals surface area contributed by atoms with E-state index in [1.54, 1.807) is 12.1 Å². The van der Waals surface area contributed by atoms with Crippen molar-refractivity contribution in [1.82, 2.24) is 5.32 Å². The molecule has 0 saturated carbocycles. The average molecular weight is 379 g/mol. The van der Waals surface area contributed by atoms with Crippen LogP contribution in [0.4, 0.5) is 10.1 Å². The minimum atomic E-state index is -0.923. The molecule has 0 aliphatic heterocycles. The van der Waals surface area contributed by atoms with E-state index in [0.717, 1.165) is 5.56 Å². The summed E-state index contributed by atoms with van der Waals surface area (Å²) in [5.74, 6) is -2.72. The number of benzene rings is 2. The fourth-order valence-electron chi connectivity index (χ4n) is 2.10. The molecule has 2 aromatic carbocycles. The maximum absolute atomic E-state index is 12.8. The molecule has 0 aromatic heterocycles. The Bertz CT molecular complexity index is 824. The maximum Gasteiger partial charge on any atom is 0.337 e. The number of amides is 2. The molecule has 0 fully saturated rings. The lowest BCUT2D eigenvalue weighted by Gasteiger charge is -2.09. The van der Waals surface area contributed by atoms with Gasteiger partial charge in [0.2, 0.25) is 0 Å². The molecule has 0 unspecified atom stereocenters. The molecule has 26 heavy (non-hydrogen) atoms. The van der Waals surface area contributed by atoms with E-state index in [1.807, 2.05) is 0 Å². The number of halogens is 2. The van der Waals surface area contributed by atoms with Crippen molar-refractivity contribution in [3.8, 4) is 0 Å². The van der Waals surface area contributed by atoms with Crippen molar-refractivity contribution >= 4 is 35.1 Å². The minimum absolute atomic E-state index is 0.119. The predicted molar refractivity (Wildman–Crippen MR) is 94.5 cm³/mol. The topological polar surface area (TPSA) is 84.5 Å². The van der Waals surface area contributed by atoms with Gasteiger partial charge in [0.1, 0.15) is 5.82 Å². The SMILES string of the molecule is COC(=O)c1ccc(Cl)c(NC(=O)C(=O)NCCc2ccc(F)cc2)c1. The summed E-state index contributed by atoms with van der Waals surface area (Å²) in [6.45, 7) is 0.202. The summed E-state index contributed by atoms with van der Waals surface area (Å²) >= 11 is 5.96. The van der Waals surface area contributed by atoms with Crippen molar-refractivity contribution in [2.24, 2.45) is 0 Å². The number of anilines is 1. The molecule has 0 aliphatic rings. The summed E-state index contributed by atoms with van der Waals surface area (Å²) < 4.78 is 17.4. The van der Waals surface area contributed by atoms with Gasteiger partial charge in [-0.2, -0.15) is 0 Å². The molecular formula is C18H16ClFN2O4. The summed E-state index contributed by atoms with van der Waals surface area (Å²) in [7, 11) is 1.23. The van der Waals surface area contributed by atoms with Crippen LogP contribution in [-0.4, -0.2) is 31.4 Å². The number of rotatable bonds is 5. The standard InChI is InChI=1S/C18H16ClFN2O4/c1-26-18(25)12-4-7-14(19)15(10-12)22-17(24)16(23)21-9-8-11-2-5-13(20)6-3-11/h2-7,10H,8-9H2,1H3,(H,21,23)(H,22,24). The van der Waals surface area contributed by atoms with Crippen LogP contribution < -0.4 is 10.6 Å². The highest BCUT2D eigenvalue weighted by atomic mass is 35.5. The molecule has 136 valence electrons. The molecule has 0 spiro atoms. The van der Waals surface area contributed by atoms with Gasteiger partial charge in [0.15, 0.2) is 0 Å². The summed E-state index contributed by atoms with van der Waals surface area (Å²) in [5.41, 5.74) is 1.12. The number of carbonyl (C=O) groups excluding carboxylic acids is 3. The van der Waals surface area contributed by atoms with E-state index in [0.29, 0.717) is 6.42 Å². The van der Waals surface area contributed by atoms with Gasteiger partial charge in [0.05, 0.1) is 23.4 Å². The van der Waals surface area contributed by atoms with Crippen LogP contribution >= 0.6 is 11.6 Å². The third kappa shape index (κ3) is 5.29. The molecule has 0 saturated heterocycles. The Labute approximate surface area is 154 Å². The van der Waals surface area contributed by atoms with Gasteiger partial charge in [0.25, 0.3) is 0 Å². The highest BCUT2D eigenvalue weighted by molar-refractivity contribution is 6.41. The molecule has 2 amide bonds. The van der Waals surface area contributed by atoms with Crippen LogP contribution in [0.2, 0.25) is 5.02 Å². The predicted octanol–water partition coefficient (Wildman–Crippen LogP) is 2.56. The second kappa shape index (κ2) is 8.96. The molecule has 8 heteroatoms. The molecule has 0 aliphatic carbocycles. The van der Waals surface area contributed by atoms with E-state index >= 15 is 0 Å². The Hall–Kier alpha value is -2.93. The summed E-state index contributed by atoms with van der Waals surface area (Å²) in [5, 5.41) is 4.97. The van der Waals surface area contributed by atoms with E-state index in [2.05, 4.69) is 15.4 Å². The van der Waals surface area contributed by atoms with Crippen molar-refractivity contribution in [2.45, 2.75) is 6.42 Å². The Morgan fingerprint density at radius 3 is 2.42 bits per heavy atom. The molecule has 0 radical (unpaired) electrons. The first-order chi connectivity index (χ1) is 12.4.